The summed E-state index contributed by atoms with van der Waals surface area (Å²) in [7, 11) is 1.73. The van der Waals surface area contributed by atoms with E-state index in [1.807, 2.05) is 0 Å². The molecule has 0 amide bonds. The van der Waals surface area contributed by atoms with Crippen molar-refractivity contribution in [3.63, 3.8) is 0 Å². The molecule has 2 atom stereocenters. The van der Waals surface area contributed by atoms with Crippen molar-refractivity contribution in [3.8, 4) is 0 Å². The number of rotatable bonds is 8. The summed E-state index contributed by atoms with van der Waals surface area (Å²) in [5.41, 5.74) is 5.86. The van der Waals surface area contributed by atoms with E-state index in [2.05, 4.69) is 27.7 Å². The molecule has 0 bridgehead atoms. The van der Waals surface area contributed by atoms with Crippen molar-refractivity contribution in [1.82, 2.24) is 0 Å². The van der Waals surface area contributed by atoms with E-state index in [4.69, 9.17) is 15.2 Å². The molecule has 2 N–H and O–H groups in total. The Balaban J connectivity index is 3.54. The zero-order chi connectivity index (χ0) is 11.9. The molecule has 0 fully saturated rings. The molecule has 2 unspecified atom stereocenters. The van der Waals surface area contributed by atoms with Crippen LogP contribution in [0, 0.1) is 5.92 Å². The molecule has 0 radical (unpaired) electrons. The maximum absolute atomic E-state index is 5.95. The monoisotopic (exact) mass is 217 g/mol. The Morgan fingerprint density at radius 1 is 1.33 bits per heavy atom. The summed E-state index contributed by atoms with van der Waals surface area (Å²) in [5.74, 6) is 0.528. The van der Waals surface area contributed by atoms with E-state index in [1.54, 1.807) is 7.11 Å². The Morgan fingerprint density at radius 3 is 2.40 bits per heavy atom. The van der Waals surface area contributed by atoms with E-state index in [1.165, 1.54) is 0 Å². The van der Waals surface area contributed by atoms with Gasteiger partial charge in [0.15, 0.2) is 0 Å². The molecule has 0 aliphatic rings. The Kier molecular flexibility index (Phi) is 7.14. The Labute approximate surface area is 94.3 Å². The van der Waals surface area contributed by atoms with Crippen LogP contribution >= 0.6 is 0 Å². The summed E-state index contributed by atoms with van der Waals surface area (Å²) in [4.78, 5) is 0. The van der Waals surface area contributed by atoms with Crippen LogP contribution in [-0.2, 0) is 9.47 Å². The Bertz CT molecular complexity index is 160. The molecule has 0 aliphatic carbocycles. The molecule has 0 aromatic carbocycles. The summed E-state index contributed by atoms with van der Waals surface area (Å²) in [6, 6.07) is 0.153. The summed E-state index contributed by atoms with van der Waals surface area (Å²) in [6.45, 7) is 9.79. The van der Waals surface area contributed by atoms with Gasteiger partial charge in [-0.15, -0.1) is 0 Å². The summed E-state index contributed by atoms with van der Waals surface area (Å²) >= 11 is 0. The van der Waals surface area contributed by atoms with Crippen LogP contribution in [-0.4, -0.2) is 32.0 Å². The third-order valence-electron chi connectivity index (χ3n) is 3.09. The molecule has 3 heteroatoms. The molecule has 92 valence electrons. The van der Waals surface area contributed by atoms with Crippen molar-refractivity contribution >= 4 is 0 Å². The number of hydrogen-bond acceptors (Lipinski definition) is 3. The van der Waals surface area contributed by atoms with Gasteiger partial charge in [-0.05, 0) is 26.2 Å². The van der Waals surface area contributed by atoms with Gasteiger partial charge in [0.25, 0.3) is 0 Å². The normalized spacial score (nSPS) is 16.4. The second-order valence-corrected chi connectivity index (χ2v) is 4.84. The van der Waals surface area contributed by atoms with Gasteiger partial charge < -0.3 is 15.2 Å². The number of nitrogens with two attached hydrogens (primary N) is 1. The summed E-state index contributed by atoms with van der Waals surface area (Å²) in [5, 5.41) is 0. The maximum Gasteiger partial charge on any atom is 0.0644 e. The fraction of sp³-hybridized carbons (Fsp3) is 1.00. The van der Waals surface area contributed by atoms with Crippen LogP contribution in [0.15, 0.2) is 0 Å². The maximum atomic E-state index is 5.95. The average molecular weight is 217 g/mol. The fourth-order valence-electron chi connectivity index (χ4n) is 1.11. The second kappa shape index (κ2) is 7.20. The lowest BCUT2D eigenvalue weighted by Crippen LogP contribution is -2.34. The van der Waals surface area contributed by atoms with E-state index in [0.29, 0.717) is 19.1 Å². The smallest absolute Gasteiger partial charge is 0.0644 e. The van der Waals surface area contributed by atoms with Crippen molar-refractivity contribution < 1.29 is 9.47 Å². The molecule has 3 nitrogen and oxygen atoms in total. The van der Waals surface area contributed by atoms with E-state index in [9.17, 15) is 0 Å². The van der Waals surface area contributed by atoms with Gasteiger partial charge in [0, 0.05) is 19.8 Å². The highest BCUT2D eigenvalue weighted by Crippen LogP contribution is 2.13. The SMILES string of the molecule is CCC(C)C(N)COCCC(C)(C)OC. The summed E-state index contributed by atoms with van der Waals surface area (Å²) in [6.07, 6.45) is 2.00. The zero-order valence-electron chi connectivity index (χ0n) is 10.9. The van der Waals surface area contributed by atoms with Crippen LogP contribution in [0.25, 0.3) is 0 Å². The molecule has 15 heavy (non-hydrogen) atoms. The molecule has 0 aliphatic heterocycles. The molecule has 0 aromatic heterocycles. The van der Waals surface area contributed by atoms with Crippen molar-refractivity contribution in [2.24, 2.45) is 11.7 Å². The van der Waals surface area contributed by atoms with Gasteiger partial charge in [0.05, 0.1) is 12.2 Å². The third-order valence-corrected chi connectivity index (χ3v) is 3.09. The van der Waals surface area contributed by atoms with E-state index in [0.717, 1.165) is 12.8 Å². The molecule has 0 saturated heterocycles. The molecule has 0 spiro atoms. The van der Waals surface area contributed by atoms with E-state index < -0.39 is 0 Å². The first-order valence-electron chi connectivity index (χ1n) is 5.81. The lowest BCUT2D eigenvalue weighted by atomic mass is 10.0. The minimum Gasteiger partial charge on any atom is -0.380 e. The largest absolute Gasteiger partial charge is 0.380 e. The fourth-order valence-corrected chi connectivity index (χ4v) is 1.11. The van der Waals surface area contributed by atoms with Gasteiger partial charge in [-0.3, -0.25) is 0 Å². The topological polar surface area (TPSA) is 44.5 Å². The van der Waals surface area contributed by atoms with Crippen LogP contribution in [0.2, 0.25) is 0 Å². The van der Waals surface area contributed by atoms with Crippen molar-refractivity contribution in [2.75, 3.05) is 20.3 Å². The Hall–Kier alpha value is -0.120. The number of methoxy groups -OCH3 is 1. The van der Waals surface area contributed by atoms with Gasteiger partial charge in [-0.25, -0.2) is 0 Å². The van der Waals surface area contributed by atoms with Crippen molar-refractivity contribution in [1.29, 1.82) is 0 Å². The highest BCUT2D eigenvalue weighted by Gasteiger charge is 2.16. The average Bonchev–Trinajstić information content (AvgIpc) is 2.22. The lowest BCUT2D eigenvalue weighted by Gasteiger charge is -2.23. The quantitative estimate of drug-likeness (QED) is 0.634. The lowest BCUT2D eigenvalue weighted by molar-refractivity contribution is -0.0127. The first-order chi connectivity index (χ1) is 6.93. The zero-order valence-corrected chi connectivity index (χ0v) is 10.9. The molecular weight excluding hydrogens is 190 g/mol. The predicted octanol–water partition coefficient (Wildman–Crippen LogP) is 2.19. The summed E-state index contributed by atoms with van der Waals surface area (Å²) < 4.78 is 10.9. The van der Waals surface area contributed by atoms with E-state index in [-0.39, 0.29) is 11.6 Å². The van der Waals surface area contributed by atoms with Crippen LogP contribution in [0.3, 0.4) is 0 Å². The molecule has 0 rings (SSSR count). The minimum absolute atomic E-state index is 0.0968. The molecular formula is C12H27NO2. The number of ether oxygens (including phenoxy) is 2. The van der Waals surface area contributed by atoms with Crippen LogP contribution in [0.5, 0.6) is 0 Å². The molecule has 0 saturated carbocycles. The third kappa shape index (κ3) is 6.88. The highest BCUT2D eigenvalue weighted by molar-refractivity contribution is 4.69. The van der Waals surface area contributed by atoms with Crippen LogP contribution in [0.1, 0.15) is 40.5 Å². The highest BCUT2D eigenvalue weighted by atomic mass is 16.5. The van der Waals surface area contributed by atoms with Gasteiger partial charge in [0.1, 0.15) is 0 Å². The van der Waals surface area contributed by atoms with Gasteiger partial charge >= 0.3 is 0 Å². The minimum atomic E-state index is -0.0968. The molecule has 0 heterocycles. The Morgan fingerprint density at radius 2 is 1.93 bits per heavy atom. The first-order valence-corrected chi connectivity index (χ1v) is 5.81. The van der Waals surface area contributed by atoms with Gasteiger partial charge in [-0.2, -0.15) is 0 Å². The van der Waals surface area contributed by atoms with Crippen molar-refractivity contribution in [2.45, 2.75) is 52.2 Å². The first kappa shape index (κ1) is 14.9. The molecule has 0 aromatic rings. The van der Waals surface area contributed by atoms with Crippen LogP contribution < -0.4 is 5.73 Å². The number of hydrogen-bond donors (Lipinski definition) is 1. The van der Waals surface area contributed by atoms with Gasteiger partial charge in [0.2, 0.25) is 0 Å². The van der Waals surface area contributed by atoms with Gasteiger partial charge in [-0.1, -0.05) is 20.3 Å². The van der Waals surface area contributed by atoms with Crippen molar-refractivity contribution in [3.05, 3.63) is 0 Å². The predicted molar refractivity (Wildman–Crippen MR) is 64.0 cm³/mol. The second-order valence-electron chi connectivity index (χ2n) is 4.84. The van der Waals surface area contributed by atoms with E-state index >= 15 is 0 Å². The standard InChI is InChI=1S/C12H27NO2/c1-6-10(2)11(13)9-15-8-7-12(3,4)14-5/h10-11H,6-9,13H2,1-5H3. The van der Waals surface area contributed by atoms with Crippen LogP contribution in [0.4, 0.5) is 0 Å².